The van der Waals surface area contributed by atoms with Crippen molar-refractivity contribution in [3.05, 3.63) is 51.3 Å². The van der Waals surface area contributed by atoms with Crippen molar-refractivity contribution in [1.82, 2.24) is 9.47 Å². The van der Waals surface area contributed by atoms with Crippen LogP contribution < -0.4 is 5.32 Å². The molecule has 2 aromatic rings. The van der Waals surface area contributed by atoms with Gasteiger partial charge in [0.1, 0.15) is 10.8 Å². The molecule has 0 aliphatic rings. The second kappa shape index (κ2) is 7.28. The third kappa shape index (κ3) is 3.91. The van der Waals surface area contributed by atoms with Crippen molar-refractivity contribution in [1.29, 1.82) is 0 Å². The van der Waals surface area contributed by atoms with E-state index in [1.807, 2.05) is 32.0 Å². The van der Waals surface area contributed by atoms with Gasteiger partial charge < -0.3 is 14.8 Å². The molecular weight excluding hydrogens is 349 g/mol. The minimum Gasteiger partial charge on any atom is -0.331 e. The Kier molecular flexibility index (Phi) is 5.57. The first-order valence-electron chi connectivity index (χ1n) is 7.34. The molecule has 0 spiro atoms. The molecule has 1 aromatic heterocycles. The number of rotatable bonds is 4. The summed E-state index contributed by atoms with van der Waals surface area (Å²) in [7, 11) is 3.20. The largest absolute Gasteiger partial charge is 0.331 e. The highest BCUT2D eigenvalue weighted by Gasteiger charge is 2.21. The van der Waals surface area contributed by atoms with E-state index < -0.39 is 0 Å². The second-order valence-electron chi connectivity index (χ2n) is 5.76. The topological polar surface area (TPSA) is 54.3 Å². The van der Waals surface area contributed by atoms with Gasteiger partial charge in [0.05, 0.1) is 11.6 Å². The molecule has 0 aliphatic carbocycles. The molecule has 7 heteroatoms. The smallest absolute Gasteiger partial charge is 0.270 e. The number of hydrogen-bond acceptors (Lipinski definition) is 2. The van der Waals surface area contributed by atoms with Crippen LogP contribution in [0.2, 0.25) is 10.2 Å². The van der Waals surface area contributed by atoms with Gasteiger partial charge in [0.2, 0.25) is 5.91 Å². The Morgan fingerprint density at radius 1 is 1.21 bits per heavy atom. The summed E-state index contributed by atoms with van der Waals surface area (Å²) in [4.78, 5) is 26.0. The van der Waals surface area contributed by atoms with E-state index >= 15 is 0 Å². The van der Waals surface area contributed by atoms with Crippen LogP contribution in [0.3, 0.4) is 0 Å². The molecule has 2 rings (SSSR count). The average Bonchev–Trinajstić information content (AvgIpc) is 2.77. The number of anilines is 1. The van der Waals surface area contributed by atoms with Crippen molar-refractivity contribution >= 4 is 40.7 Å². The predicted molar refractivity (Wildman–Crippen MR) is 96.9 cm³/mol. The lowest BCUT2D eigenvalue weighted by Gasteiger charge is -2.18. The van der Waals surface area contributed by atoms with Gasteiger partial charge in [-0.2, -0.15) is 0 Å². The third-order valence-corrected chi connectivity index (χ3v) is 4.57. The number of nitrogens with one attached hydrogen (secondary N) is 1. The maximum atomic E-state index is 12.4. The average molecular weight is 368 g/mol. The monoisotopic (exact) mass is 367 g/mol. The first-order chi connectivity index (χ1) is 11.2. The number of benzene rings is 1. The number of nitrogens with zero attached hydrogens (tertiary/aromatic N) is 2. The van der Waals surface area contributed by atoms with Gasteiger partial charge in [-0.1, -0.05) is 35.3 Å². The van der Waals surface area contributed by atoms with Gasteiger partial charge in [0, 0.05) is 19.8 Å². The van der Waals surface area contributed by atoms with Crippen molar-refractivity contribution in [2.45, 2.75) is 13.8 Å². The lowest BCUT2D eigenvalue weighted by atomic mass is 10.1. The lowest BCUT2D eigenvalue weighted by molar-refractivity contribution is -0.116. The van der Waals surface area contributed by atoms with Crippen molar-refractivity contribution < 1.29 is 9.59 Å². The van der Waals surface area contributed by atoms with Crippen molar-refractivity contribution in [3.8, 4) is 0 Å². The summed E-state index contributed by atoms with van der Waals surface area (Å²) in [5.74, 6) is -0.603. The van der Waals surface area contributed by atoms with Crippen LogP contribution in [0.15, 0.2) is 24.3 Å². The number of amides is 2. The van der Waals surface area contributed by atoms with E-state index in [1.54, 1.807) is 14.1 Å². The second-order valence-corrected chi connectivity index (χ2v) is 6.52. The van der Waals surface area contributed by atoms with E-state index in [4.69, 9.17) is 23.2 Å². The maximum Gasteiger partial charge on any atom is 0.270 e. The van der Waals surface area contributed by atoms with Crippen LogP contribution in [-0.4, -0.2) is 34.9 Å². The molecule has 0 aliphatic heterocycles. The van der Waals surface area contributed by atoms with Crippen LogP contribution >= 0.6 is 23.2 Å². The molecule has 2 amide bonds. The number of hydrogen-bond donors (Lipinski definition) is 1. The van der Waals surface area contributed by atoms with Crippen LogP contribution in [-0.2, 0) is 11.8 Å². The quantitative estimate of drug-likeness (QED) is 0.896. The van der Waals surface area contributed by atoms with Gasteiger partial charge in [0.25, 0.3) is 5.91 Å². The number of likely N-dealkylation sites (N-methyl/N-ethyl adjacent to an activating group) is 1. The number of aromatic nitrogens is 1. The Hall–Kier alpha value is -1.98. The molecule has 5 nitrogen and oxygen atoms in total. The number of carbonyl (C=O) groups excluding carboxylic acids is 2. The Bertz CT molecular complexity index is 799. The first-order valence-corrected chi connectivity index (χ1v) is 8.09. The molecule has 1 aromatic carbocycles. The zero-order valence-corrected chi connectivity index (χ0v) is 15.5. The molecule has 1 heterocycles. The highest BCUT2D eigenvalue weighted by Crippen LogP contribution is 2.25. The molecule has 0 saturated heterocycles. The Morgan fingerprint density at radius 2 is 1.88 bits per heavy atom. The Balaban J connectivity index is 2.07. The minimum atomic E-state index is -0.331. The van der Waals surface area contributed by atoms with Gasteiger partial charge in [-0.05, 0) is 37.1 Å². The number of halogens is 2. The van der Waals surface area contributed by atoms with Crippen molar-refractivity contribution in [3.63, 3.8) is 0 Å². The summed E-state index contributed by atoms with van der Waals surface area (Å²) in [5.41, 5.74) is 3.08. The van der Waals surface area contributed by atoms with Gasteiger partial charge in [0.15, 0.2) is 0 Å². The molecule has 0 atom stereocenters. The minimum absolute atomic E-state index is 0.0768. The Morgan fingerprint density at radius 3 is 2.46 bits per heavy atom. The van der Waals surface area contributed by atoms with E-state index in [1.165, 1.54) is 15.5 Å². The van der Waals surface area contributed by atoms with Gasteiger partial charge >= 0.3 is 0 Å². The van der Waals surface area contributed by atoms with Crippen LogP contribution in [0.25, 0.3) is 0 Å². The zero-order valence-electron chi connectivity index (χ0n) is 14.0. The standard InChI is InChI=1S/C17H19Cl2N3O2/c1-10-5-6-11(2)13(7-10)20-15(23)9-21(3)17(24)14-8-12(18)16(19)22(14)4/h5-8H,9H2,1-4H3,(H,20,23). The van der Waals surface area contributed by atoms with Gasteiger partial charge in [-0.15, -0.1) is 0 Å². The van der Waals surface area contributed by atoms with Crippen molar-refractivity contribution in [2.75, 3.05) is 18.9 Å². The van der Waals surface area contributed by atoms with E-state index in [2.05, 4.69) is 5.32 Å². The fraction of sp³-hybridized carbons (Fsp3) is 0.294. The summed E-state index contributed by atoms with van der Waals surface area (Å²) < 4.78 is 1.49. The normalized spacial score (nSPS) is 10.6. The van der Waals surface area contributed by atoms with Crippen LogP contribution in [0, 0.1) is 13.8 Å². The number of aryl methyl sites for hydroxylation is 2. The summed E-state index contributed by atoms with van der Waals surface area (Å²) in [6, 6.07) is 7.30. The van der Waals surface area contributed by atoms with Gasteiger partial charge in [-0.3, -0.25) is 9.59 Å². The van der Waals surface area contributed by atoms with Crippen LogP contribution in [0.5, 0.6) is 0 Å². The van der Waals surface area contributed by atoms with Crippen LogP contribution in [0.4, 0.5) is 5.69 Å². The molecule has 0 radical (unpaired) electrons. The molecular formula is C17H19Cl2N3O2. The van der Waals surface area contributed by atoms with Gasteiger partial charge in [-0.25, -0.2) is 0 Å². The highest BCUT2D eigenvalue weighted by molar-refractivity contribution is 6.41. The van der Waals surface area contributed by atoms with Crippen LogP contribution in [0.1, 0.15) is 21.6 Å². The third-order valence-electron chi connectivity index (χ3n) is 3.73. The summed E-state index contributed by atoms with van der Waals surface area (Å²) >= 11 is 11.9. The van der Waals surface area contributed by atoms with E-state index in [0.717, 1.165) is 16.8 Å². The van der Waals surface area contributed by atoms with Crippen molar-refractivity contribution in [2.24, 2.45) is 7.05 Å². The van der Waals surface area contributed by atoms with E-state index in [9.17, 15) is 9.59 Å². The SMILES string of the molecule is Cc1ccc(C)c(NC(=O)CN(C)C(=O)c2cc(Cl)c(Cl)n2C)c1. The van der Waals surface area contributed by atoms with E-state index in [-0.39, 0.29) is 23.5 Å². The fourth-order valence-electron chi connectivity index (χ4n) is 2.29. The summed E-state index contributed by atoms with van der Waals surface area (Å²) in [6.45, 7) is 3.79. The summed E-state index contributed by atoms with van der Waals surface area (Å²) in [5, 5.41) is 3.41. The maximum absolute atomic E-state index is 12.4. The Labute approximate surface area is 151 Å². The molecule has 0 unspecified atom stereocenters. The molecule has 128 valence electrons. The van der Waals surface area contributed by atoms with E-state index in [0.29, 0.717) is 10.7 Å². The molecule has 24 heavy (non-hydrogen) atoms. The zero-order chi connectivity index (χ0) is 18.0. The highest BCUT2D eigenvalue weighted by atomic mass is 35.5. The number of carbonyl (C=O) groups is 2. The molecule has 1 N–H and O–H groups in total. The lowest BCUT2D eigenvalue weighted by Crippen LogP contribution is -2.35. The fourth-order valence-corrected chi connectivity index (χ4v) is 2.67. The molecule has 0 bridgehead atoms. The molecule has 0 saturated carbocycles. The molecule has 0 fully saturated rings. The summed E-state index contributed by atoms with van der Waals surface area (Å²) in [6.07, 6.45) is 0. The predicted octanol–water partition coefficient (Wildman–Crippen LogP) is 3.66. The first kappa shape index (κ1) is 18.4.